The second kappa shape index (κ2) is 5.11. The van der Waals surface area contributed by atoms with Crippen LogP contribution in [0.25, 0.3) is 10.9 Å². The van der Waals surface area contributed by atoms with Crippen molar-refractivity contribution in [2.24, 2.45) is 5.73 Å². The predicted octanol–water partition coefficient (Wildman–Crippen LogP) is 1.55. The summed E-state index contributed by atoms with van der Waals surface area (Å²) in [6.45, 7) is 2.70. The third-order valence-electron chi connectivity index (χ3n) is 3.53. The molecule has 0 saturated heterocycles. The number of ether oxygens (including phenoxy) is 1. The molecular weight excluding hydrogens is 240 g/mol. The smallest absolute Gasteiger partial charge is 0.223 e. The van der Waals surface area contributed by atoms with Crippen molar-refractivity contribution in [1.82, 2.24) is 9.97 Å². The zero-order valence-electron chi connectivity index (χ0n) is 10.9. The first-order valence-corrected chi connectivity index (χ1v) is 6.63. The zero-order chi connectivity index (χ0) is 13.2. The van der Waals surface area contributed by atoms with Gasteiger partial charge in [0.25, 0.3) is 0 Å². The van der Waals surface area contributed by atoms with Gasteiger partial charge in [-0.1, -0.05) is 18.2 Å². The molecular formula is C14H18N4O. The van der Waals surface area contributed by atoms with Crippen LogP contribution in [0.2, 0.25) is 0 Å². The highest BCUT2D eigenvalue weighted by Crippen LogP contribution is 2.25. The van der Waals surface area contributed by atoms with Crippen LogP contribution in [0.1, 0.15) is 13.3 Å². The van der Waals surface area contributed by atoms with Crippen LogP contribution in [0.5, 0.6) is 0 Å². The molecule has 1 saturated carbocycles. The molecule has 1 fully saturated rings. The van der Waals surface area contributed by atoms with Gasteiger partial charge < -0.3 is 15.8 Å². The summed E-state index contributed by atoms with van der Waals surface area (Å²) in [5.74, 6) is 0.614. The molecule has 19 heavy (non-hydrogen) atoms. The topological polar surface area (TPSA) is 73.1 Å². The summed E-state index contributed by atoms with van der Waals surface area (Å²) in [5.41, 5.74) is 6.94. The van der Waals surface area contributed by atoms with Crippen LogP contribution in [-0.2, 0) is 4.74 Å². The van der Waals surface area contributed by atoms with E-state index in [0.717, 1.165) is 17.3 Å². The first-order chi connectivity index (χ1) is 9.28. The SMILES string of the molecule is CCOC1CC(N)C1Nc1ncc2ccccc2n1. The molecule has 1 heterocycles. The largest absolute Gasteiger partial charge is 0.376 e. The number of hydrogen-bond acceptors (Lipinski definition) is 5. The van der Waals surface area contributed by atoms with Crippen molar-refractivity contribution in [3.05, 3.63) is 30.5 Å². The average molecular weight is 258 g/mol. The monoisotopic (exact) mass is 258 g/mol. The maximum atomic E-state index is 6.01. The van der Waals surface area contributed by atoms with Gasteiger partial charge in [-0.15, -0.1) is 0 Å². The molecule has 3 N–H and O–H groups in total. The van der Waals surface area contributed by atoms with Crippen LogP contribution in [0.4, 0.5) is 5.95 Å². The van der Waals surface area contributed by atoms with Gasteiger partial charge in [0.1, 0.15) is 0 Å². The minimum absolute atomic E-state index is 0.0983. The van der Waals surface area contributed by atoms with Gasteiger partial charge in [0.15, 0.2) is 0 Å². The fraction of sp³-hybridized carbons (Fsp3) is 0.429. The van der Waals surface area contributed by atoms with Crippen LogP contribution in [0, 0.1) is 0 Å². The van der Waals surface area contributed by atoms with E-state index in [1.54, 1.807) is 0 Å². The molecule has 0 radical (unpaired) electrons. The van der Waals surface area contributed by atoms with Crippen molar-refractivity contribution >= 4 is 16.9 Å². The van der Waals surface area contributed by atoms with Crippen molar-refractivity contribution in [3.8, 4) is 0 Å². The molecule has 1 aliphatic carbocycles. The van der Waals surface area contributed by atoms with Crippen molar-refractivity contribution in [2.75, 3.05) is 11.9 Å². The second-order valence-corrected chi connectivity index (χ2v) is 4.82. The van der Waals surface area contributed by atoms with E-state index in [4.69, 9.17) is 10.5 Å². The van der Waals surface area contributed by atoms with E-state index >= 15 is 0 Å². The lowest BCUT2D eigenvalue weighted by molar-refractivity contribution is -0.0128. The number of rotatable bonds is 4. The molecule has 5 heteroatoms. The molecule has 0 bridgehead atoms. The molecule has 2 aromatic rings. The van der Waals surface area contributed by atoms with Crippen molar-refractivity contribution in [1.29, 1.82) is 0 Å². The third kappa shape index (κ3) is 2.39. The maximum absolute atomic E-state index is 6.01. The van der Waals surface area contributed by atoms with Gasteiger partial charge in [0.05, 0.1) is 17.7 Å². The Balaban J connectivity index is 1.77. The van der Waals surface area contributed by atoms with E-state index in [1.165, 1.54) is 0 Å². The first-order valence-electron chi connectivity index (χ1n) is 6.63. The Bertz CT molecular complexity index is 572. The molecule has 1 aromatic heterocycles. The Morgan fingerprint density at radius 2 is 2.26 bits per heavy atom. The van der Waals surface area contributed by atoms with Crippen LogP contribution >= 0.6 is 0 Å². The van der Waals surface area contributed by atoms with Crippen LogP contribution < -0.4 is 11.1 Å². The Morgan fingerprint density at radius 3 is 3.05 bits per heavy atom. The summed E-state index contributed by atoms with van der Waals surface area (Å²) in [7, 11) is 0. The zero-order valence-corrected chi connectivity index (χ0v) is 10.9. The van der Waals surface area contributed by atoms with Crippen LogP contribution in [0.3, 0.4) is 0 Å². The summed E-state index contributed by atoms with van der Waals surface area (Å²) in [4.78, 5) is 8.82. The highest BCUT2D eigenvalue weighted by atomic mass is 16.5. The standard InChI is InChI=1S/C14H18N4O/c1-2-19-12-7-10(15)13(12)18-14-16-8-9-5-3-4-6-11(9)17-14/h3-6,8,10,12-13H,2,7,15H2,1H3,(H,16,17,18). The van der Waals surface area contributed by atoms with E-state index in [9.17, 15) is 0 Å². The lowest BCUT2D eigenvalue weighted by Crippen LogP contribution is -2.60. The fourth-order valence-corrected chi connectivity index (χ4v) is 2.42. The maximum Gasteiger partial charge on any atom is 0.223 e. The lowest BCUT2D eigenvalue weighted by Gasteiger charge is -2.42. The Labute approximate surface area is 112 Å². The number of nitrogens with one attached hydrogen (secondary N) is 1. The molecule has 3 atom stereocenters. The minimum atomic E-state index is 0.0983. The molecule has 0 aliphatic heterocycles. The quantitative estimate of drug-likeness (QED) is 0.870. The van der Waals surface area contributed by atoms with Gasteiger partial charge in [-0.3, -0.25) is 0 Å². The van der Waals surface area contributed by atoms with E-state index < -0.39 is 0 Å². The highest BCUT2D eigenvalue weighted by Gasteiger charge is 2.39. The molecule has 1 aromatic carbocycles. The van der Waals surface area contributed by atoms with E-state index in [-0.39, 0.29) is 18.2 Å². The summed E-state index contributed by atoms with van der Waals surface area (Å²) >= 11 is 0. The third-order valence-corrected chi connectivity index (χ3v) is 3.53. The molecule has 0 amide bonds. The number of aromatic nitrogens is 2. The van der Waals surface area contributed by atoms with Gasteiger partial charge in [-0.05, 0) is 19.4 Å². The van der Waals surface area contributed by atoms with Crippen molar-refractivity contribution < 1.29 is 4.74 Å². The molecule has 100 valence electrons. The summed E-state index contributed by atoms with van der Waals surface area (Å²) in [6.07, 6.45) is 2.87. The normalized spacial score (nSPS) is 26.1. The minimum Gasteiger partial charge on any atom is -0.376 e. The van der Waals surface area contributed by atoms with Crippen LogP contribution in [-0.4, -0.2) is 34.8 Å². The van der Waals surface area contributed by atoms with Gasteiger partial charge in [-0.25, -0.2) is 9.97 Å². The van der Waals surface area contributed by atoms with Crippen molar-refractivity contribution in [2.45, 2.75) is 31.5 Å². The first kappa shape index (κ1) is 12.3. The summed E-state index contributed by atoms with van der Waals surface area (Å²) in [6, 6.07) is 8.12. The number of para-hydroxylation sites is 1. The molecule has 1 aliphatic rings. The molecule has 0 spiro atoms. The lowest BCUT2D eigenvalue weighted by atomic mass is 9.83. The Kier molecular flexibility index (Phi) is 3.31. The van der Waals surface area contributed by atoms with E-state index in [0.29, 0.717) is 12.6 Å². The molecule has 3 unspecified atom stereocenters. The number of anilines is 1. The predicted molar refractivity (Wildman–Crippen MR) is 75.0 cm³/mol. The molecule has 3 rings (SSSR count). The Morgan fingerprint density at radius 1 is 1.42 bits per heavy atom. The number of nitrogens with zero attached hydrogens (tertiary/aromatic N) is 2. The van der Waals surface area contributed by atoms with Gasteiger partial charge in [-0.2, -0.15) is 0 Å². The van der Waals surface area contributed by atoms with E-state index in [2.05, 4.69) is 15.3 Å². The second-order valence-electron chi connectivity index (χ2n) is 4.82. The number of fused-ring (bicyclic) bond motifs is 1. The number of hydrogen-bond donors (Lipinski definition) is 2. The average Bonchev–Trinajstić information content (AvgIpc) is 2.44. The van der Waals surface area contributed by atoms with Gasteiger partial charge in [0, 0.05) is 24.2 Å². The number of nitrogens with two attached hydrogens (primary N) is 1. The van der Waals surface area contributed by atoms with Gasteiger partial charge in [0.2, 0.25) is 5.95 Å². The number of benzene rings is 1. The Hall–Kier alpha value is -1.72. The summed E-state index contributed by atoms with van der Waals surface area (Å²) in [5, 5.41) is 4.32. The van der Waals surface area contributed by atoms with E-state index in [1.807, 2.05) is 37.4 Å². The summed E-state index contributed by atoms with van der Waals surface area (Å²) < 4.78 is 5.62. The highest BCUT2D eigenvalue weighted by molar-refractivity contribution is 5.78. The van der Waals surface area contributed by atoms with Gasteiger partial charge >= 0.3 is 0 Å². The van der Waals surface area contributed by atoms with Crippen molar-refractivity contribution in [3.63, 3.8) is 0 Å². The fourth-order valence-electron chi connectivity index (χ4n) is 2.42. The van der Waals surface area contributed by atoms with Crippen LogP contribution in [0.15, 0.2) is 30.5 Å². The molecule has 5 nitrogen and oxygen atoms in total.